The number of hydrogen-bond donors (Lipinski definition) is 0. The Kier molecular flexibility index (Phi) is 17.6. The van der Waals surface area contributed by atoms with Gasteiger partial charge in [-0.15, -0.1) is 54.8 Å². The van der Waals surface area contributed by atoms with Gasteiger partial charge in [-0.25, -0.2) is 0 Å². The van der Waals surface area contributed by atoms with E-state index >= 15 is 0 Å². The van der Waals surface area contributed by atoms with Crippen LogP contribution in [0.4, 0.5) is 0 Å². The standard InChI is InChI=1S/C10H6O3.2C10H9O2.C2H5O.Ti/c11-8-5-9(12)10(13)7-4-2-1-3-6(7)8;2*1-8(11)7-10(12)9-5-3-2-4-6-9;1-2-3;/h1-5,12H;2*2-7H,1H3;2H2,1H3;/q;3*-1;/p-1. The van der Waals surface area contributed by atoms with Gasteiger partial charge in [0.15, 0.2) is 11.6 Å². The Balaban J connectivity index is 0.000000552. The molecule has 1 aliphatic rings. The number of fused-ring (bicyclic) bond motifs is 1. The molecule has 1 aliphatic carbocycles. The van der Waals surface area contributed by atoms with Gasteiger partial charge in [-0.1, -0.05) is 73.3 Å². The zero-order chi connectivity index (χ0) is 30.1. The van der Waals surface area contributed by atoms with Gasteiger partial charge in [0.25, 0.3) is 0 Å². The van der Waals surface area contributed by atoms with E-state index in [-0.39, 0.29) is 62.8 Å². The van der Waals surface area contributed by atoms with Gasteiger partial charge in [0.2, 0.25) is 0 Å². The smallest absolute Gasteiger partial charge is 0.186 e. The van der Waals surface area contributed by atoms with E-state index in [4.69, 9.17) is 5.11 Å². The molecule has 0 atom stereocenters. The molecule has 212 valence electrons. The number of hydrogen-bond acceptors (Lipinski definition) is 8. The minimum Gasteiger partial charge on any atom is -0.870 e. The summed E-state index contributed by atoms with van der Waals surface area (Å²) in [4.78, 5) is 65.9. The number of allylic oxidation sites excluding steroid dienone is 2. The Bertz CT molecular complexity index is 1300. The van der Waals surface area contributed by atoms with E-state index in [0.717, 1.165) is 18.9 Å². The van der Waals surface area contributed by atoms with Crippen molar-refractivity contribution in [2.24, 2.45) is 0 Å². The summed E-state index contributed by atoms with van der Waals surface area (Å²) in [5.74, 6) is -2.63. The molecule has 3 aromatic carbocycles. The summed E-state index contributed by atoms with van der Waals surface area (Å²) < 4.78 is 0. The van der Waals surface area contributed by atoms with Crippen LogP contribution < -0.4 is 10.2 Å². The van der Waals surface area contributed by atoms with Crippen molar-refractivity contribution >= 4 is 34.7 Å². The van der Waals surface area contributed by atoms with Gasteiger partial charge in [-0.05, 0) is 19.9 Å². The summed E-state index contributed by atoms with van der Waals surface area (Å²) in [6.07, 6.45) is 3.02. The van der Waals surface area contributed by atoms with Crippen LogP contribution in [-0.4, -0.2) is 41.3 Å². The average molecular weight is 588 g/mol. The molecule has 0 aromatic heterocycles. The Morgan fingerprint density at radius 3 is 1.37 bits per heavy atom. The van der Waals surface area contributed by atoms with Crippen LogP contribution in [0.3, 0.4) is 0 Å². The van der Waals surface area contributed by atoms with Crippen LogP contribution in [-0.2, 0) is 31.3 Å². The van der Waals surface area contributed by atoms with Crippen molar-refractivity contribution in [1.29, 1.82) is 0 Å². The average Bonchev–Trinajstić information content (AvgIpc) is 2.93. The van der Waals surface area contributed by atoms with Gasteiger partial charge < -0.3 is 29.4 Å². The normalized spacial score (nSPS) is 10.6. The second-order valence-corrected chi connectivity index (χ2v) is 8.01. The van der Waals surface area contributed by atoms with Crippen LogP contribution in [0, 0.1) is 12.8 Å². The molecule has 0 fully saturated rings. The molecular formula is C32H28O8Ti-4. The molecular weight excluding hydrogens is 560 g/mol. The van der Waals surface area contributed by atoms with Crippen LogP contribution in [0.1, 0.15) is 62.2 Å². The molecule has 8 nitrogen and oxygen atoms in total. The molecule has 0 N–H and O–H groups in total. The van der Waals surface area contributed by atoms with Gasteiger partial charge in [0, 0.05) is 44.4 Å². The number of rotatable bonds is 6. The van der Waals surface area contributed by atoms with Crippen molar-refractivity contribution in [1.82, 2.24) is 0 Å². The first-order valence-corrected chi connectivity index (χ1v) is 12.1. The second-order valence-electron chi connectivity index (χ2n) is 8.01. The Morgan fingerprint density at radius 1 is 0.659 bits per heavy atom. The summed E-state index contributed by atoms with van der Waals surface area (Å²) >= 11 is 0. The van der Waals surface area contributed by atoms with Crippen molar-refractivity contribution in [2.75, 3.05) is 6.61 Å². The van der Waals surface area contributed by atoms with E-state index in [9.17, 15) is 33.9 Å². The van der Waals surface area contributed by atoms with E-state index in [1.165, 1.54) is 19.9 Å². The van der Waals surface area contributed by atoms with Crippen molar-refractivity contribution in [3.63, 3.8) is 0 Å². The second kappa shape index (κ2) is 19.7. The van der Waals surface area contributed by atoms with Gasteiger partial charge in [0.1, 0.15) is 0 Å². The molecule has 0 unspecified atom stereocenters. The molecule has 0 amide bonds. The molecule has 4 rings (SSSR count). The topological polar surface area (TPSA) is 149 Å². The molecule has 0 saturated heterocycles. The van der Waals surface area contributed by atoms with E-state index in [1.807, 2.05) is 12.1 Å². The third-order valence-corrected chi connectivity index (χ3v) is 4.71. The predicted octanol–water partition coefficient (Wildman–Crippen LogP) is 3.00. The molecule has 0 heterocycles. The molecule has 0 radical (unpaired) electrons. The number of ketones is 6. The first-order valence-electron chi connectivity index (χ1n) is 12.1. The van der Waals surface area contributed by atoms with Crippen molar-refractivity contribution in [3.05, 3.63) is 132 Å². The fourth-order valence-electron chi connectivity index (χ4n) is 3.03. The van der Waals surface area contributed by atoms with Gasteiger partial charge >= 0.3 is 0 Å². The van der Waals surface area contributed by atoms with E-state index in [1.54, 1.807) is 73.7 Å². The number of carbonyl (C=O) groups is 6. The van der Waals surface area contributed by atoms with Crippen molar-refractivity contribution < 1.29 is 60.7 Å². The Morgan fingerprint density at radius 2 is 1.00 bits per heavy atom. The van der Waals surface area contributed by atoms with Gasteiger partial charge in [0.05, 0.1) is 11.6 Å². The fourth-order valence-corrected chi connectivity index (χ4v) is 3.03. The third kappa shape index (κ3) is 13.5. The number of carbonyl (C=O) groups excluding carboxylic acids is 6. The predicted molar refractivity (Wildman–Crippen MR) is 145 cm³/mol. The van der Waals surface area contributed by atoms with Gasteiger partial charge in [-0.2, -0.15) is 0 Å². The number of Topliss-reactive ketones (excluding diaryl/α,β-unsaturated/α-hetero) is 5. The van der Waals surface area contributed by atoms with Crippen LogP contribution >= 0.6 is 0 Å². The Hall–Kier alpha value is -4.37. The summed E-state index contributed by atoms with van der Waals surface area (Å²) in [5.41, 5.74) is 1.62. The SMILES string of the molecule is CC(=O)[CH-]C(=O)c1ccccc1.CC(=O)[CH-]C(=O)c1ccccc1.CC[O-].O=C1C=C([O-])C(=O)c2ccccc21.[Ti]. The molecule has 0 bridgehead atoms. The molecule has 9 heteroatoms. The monoisotopic (exact) mass is 588 g/mol. The van der Waals surface area contributed by atoms with E-state index in [2.05, 4.69) is 0 Å². The van der Waals surface area contributed by atoms with Crippen LogP contribution in [0.2, 0.25) is 0 Å². The van der Waals surface area contributed by atoms with Crippen LogP contribution in [0.5, 0.6) is 0 Å². The minimum atomic E-state index is -0.733. The summed E-state index contributed by atoms with van der Waals surface area (Å²) in [6.45, 7) is 4.29. The van der Waals surface area contributed by atoms with Crippen molar-refractivity contribution in [3.8, 4) is 0 Å². The minimum absolute atomic E-state index is 0. The summed E-state index contributed by atoms with van der Waals surface area (Å²) in [7, 11) is 0. The molecule has 0 saturated carbocycles. The number of benzene rings is 3. The van der Waals surface area contributed by atoms with Crippen LogP contribution in [0.25, 0.3) is 0 Å². The maximum atomic E-state index is 11.2. The maximum absolute atomic E-state index is 11.2. The zero-order valence-electron chi connectivity index (χ0n) is 22.8. The fraction of sp³-hybridized carbons (Fsp3) is 0.125. The van der Waals surface area contributed by atoms with E-state index in [0.29, 0.717) is 16.7 Å². The third-order valence-electron chi connectivity index (χ3n) is 4.71. The van der Waals surface area contributed by atoms with Crippen LogP contribution in [0.15, 0.2) is 96.8 Å². The molecule has 41 heavy (non-hydrogen) atoms. The summed E-state index contributed by atoms with van der Waals surface area (Å²) in [6, 6.07) is 23.8. The van der Waals surface area contributed by atoms with Crippen molar-refractivity contribution in [2.45, 2.75) is 20.8 Å². The first-order chi connectivity index (χ1) is 19.0. The zero-order valence-corrected chi connectivity index (χ0v) is 24.3. The van der Waals surface area contributed by atoms with E-state index < -0.39 is 11.5 Å². The molecule has 0 spiro atoms. The maximum Gasteiger partial charge on any atom is 0.186 e. The first kappa shape index (κ1) is 36.6. The quantitative estimate of drug-likeness (QED) is 0.185. The van der Waals surface area contributed by atoms with Gasteiger partial charge in [-0.3, -0.25) is 9.59 Å². The Labute approximate surface area is 254 Å². The molecule has 0 aliphatic heterocycles. The summed E-state index contributed by atoms with van der Waals surface area (Å²) in [5, 5.41) is 19.9. The largest absolute Gasteiger partial charge is 0.870 e. The molecule has 3 aromatic rings.